The minimum Gasteiger partial charge on any atom is -0.472 e. The number of methoxy groups -OCH3 is 1. The quantitative estimate of drug-likeness (QED) is 0.135. The van der Waals surface area contributed by atoms with Gasteiger partial charge in [0.2, 0.25) is 5.88 Å². The second-order valence-corrected chi connectivity index (χ2v) is 11.0. The van der Waals surface area contributed by atoms with E-state index in [0.29, 0.717) is 40.5 Å². The van der Waals surface area contributed by atoms with Crippen LogP contribution in [-0.2, 0) is 29.0 Å². The number of imidazole rings is 1. The van der Waals surface area contributed by atoms with Crippen LogP contribution in [0.2, 0.25) is 0 Å². The molecule has 0 amide bonds. The van der Waals surface area contributed by atoms with Crippen molar-refractivity contribution < 1.29 is 32.2 Å². The number of ether oxygens (including phenoxy) is 3. The number of esters is 1. The Bertz CT molecular complexity index is 1890. The number of hydrogen-bond donors (Lipinski definition) is 0. The average Bonchev–Trinajstić information content (AvgIpc) is 3.53. The molecule has 1 aliphatic heterocycles. The third kappa shape index (κ3) is 5.82. The van der Waals surface area contributed by atoms with Crippen LogP contribution in [0.4, 0.5) is 18.2 Å². The maximum Gasteiger partial charge on any atom is 0.337 e. The van der Waals surface area contributed by atoms with E-state index in [1.807, 2.05) is 4.57 Å². The maximum absolute atomic E-state index is 15.5. The average molecular weight is 605 g/mol. The number of rotatable bonds is 9. The highest BCUT2D eigenvalue weighted by atomic mass is 32.1. The number of fused-ring (bicyclic) bond motifs is 1. The summed E-state index contributed by atoms with van der Waals surface area (Å²) in [5.74, 6) is -1.79. The van der Waals surface area contributed by atoms with E-state index in [4.69, 9.17) is 20.8 Å². The monoisotopic (exact) mass is 604 g/mol. The van der Waals surface area contributed by atoms with Crippen LogP contribution in [0.15, 0.2) is 54.6 Å². The van der Waals surface area contributed by atoms with Gasteiger partial charge in [-0.1, -0.05) is 6.07 Å². The predicted molar refractivity (Wildman–Crippen MR) is 153 cm³/mol. The first-order chi connectivity index (χ1) is 20.8. The third-order valence-corrected chi connectivity index (χ3v) is 8.07. The number of aromatic nitrogens is 3. The molecule has 43 heavy (non-hydrogen) atoms. The molecule has 218 valence electrons. The number of carbonyl (C=O) groups excluding carboxylic acids is 1. The van der Waals surface area contributed by atoms with Gasteiger partial charge in [0.05, 0.1) is 48.6 Å². The minimum atomic E-state index is -0.680. The van der Waals surface area contributed by atoms with Gasteiger partial charge in [-0.05, 0) is 54.4 Å². The van der Waals surface area contributed by atoms with Gasteiger partial charge in [-0.15, -0.1) is 0 Å². The molecule has 4 heterocycles. The van der Waals surface area contributed by atoms with Crippen molar-refractivity contribution in [1.29, 1.82) is 0 Å². The van der Waals surface area contributed by atoms with Crippen molar-refractivity contribution in [3.05, 3.63) is 105 Å². The number of benzene rings is 2. The molecular formula is C31H23F3N4O4S. The zero-order chi connectivity index (χ0) is 30.1. The second kappa shape index (κ2) is 11.9. The van der Waals surface area contributed by atoms with Gasteiger partial charge in [-0.2, -0.15) is 11.3 Å². The number of pyridine rings is 1. The van der Waals surface area contributed by atoms with Gasteiger partial charge < -0.3 is 18.8 Å². The van der Waals surface area contributed by atoms with Crippen LogP contribution in [-0.4, -0.2) is 40.3 Å². The molecule has 2 aromatic carbocycles. The van der Waals surface area contributed by atoms with Gasteiger partial charge in [0.25, 0.3) is 5.00 Å². The summed E-state index contributed by atoms with van der Waals surface area (Å²) in [5.41, 5.74) is 1.84. The highest BCUT2D eigenvalue weighted by Crippen LogP contribution is 2.31. The van der Waals surface area contributed by atoms with Crippen molar-refractivity contribution >= 4 is 33.3 Å². The molecule has 0 N–H and O–H groups in total. The lowest BCUT2D eigenvalue weighted by molar-refractivity contribution is -0.0589. The molecule has 1 atom stereocenters. The molecule has 1 fully saturated rings. The van der Waals surface area contributed by atoms with E-state index in [-0.39, 0.29) is 46.8 Å². The summed E-state index contributed by atoms with van der Waals surface area (Å²) < 4.78 is 62.6. The molecule has 3 aromatic heterocycles. The first-order valence-corrected chi connectivity index (χ1v) is 14.1. The molecule has 0 radical (unpaired) electrons. The molecule has 1 aliphatic rings. The van der Waals surface area contributed by atoms with Crippen LogP contribution < -0.4 is 4.74 Å². The Hall–Kier alpha value is -4.73. The Labute approximate surface area is 248 Å². The standard InChI is InChI=1S/C31H23F3N4O4S/c1-35-30-24(34)13-20(43-30)16-42-29-5-3-4-25(37-29)21-14-22(32)18(10-23(21)33)12-28-36-26-7-6-17(31(39)40-2)11-27(26)38(28)15-19-8-9-41-19/h3-7,10-11,13-14,19H,8-9,12,15-16H2,2H3/t19-/m0/s1. The van der Waals surface area contributed by atoms with Crippen molar-refractivity contribution in [2.24, 2.45) is 0 Å². The number of nitrogens with zero attached hydrogens (tertiary/aromatic N) is 4. The first kappa shape index (κ1) is 28.4. The molecular weight excluding hydrogens is 581 g/mol. The van der Waals surface area contributed by atoms with E-state index in [1.54, 1.807) is 30.3 Å². The summed E-state index contributed by atoms with van der Waals surface area (Å²) in [4.78, 5) is 24.7. The summed E-state index contributed by atoms with van der Waals surface area (Å²) in [6, 6.07) is 13.1. The van der Waals surface area contributed by atoms with E-state index in [1.165, 1.54) is 19.2 Å². The van der Waals surface area contributed by atoms with Gasteiger partial charge in [-0.25, -0.2) is 32.8 Å². The van der Waals surface area contributed by atoms with Crippen molar-refractivity contribution in [3.8, 4) is 17.1 Å². The SMILES string of the molecule is [C-]#[N+]c1sc(COc2cccc(-c3cc(F)c(Cc4nc5ccc(C(=O)OC)cc5n4C[C@@H]4CCO4)cc3F)n2)cc1F. The lowest BCUT2D eigenvalue weighted by atomic mass is 10.0. The molecule has 0 bridgehead atoms. The van der Waals surface area contributed by atoms with Crippen LogP contribution in [0, 0.1) is 24.0 Å². The topological polar surface area (TPSA) is 79.8 Å². The molecule has 12 heteroatoms. The fourth-order valence-corrected chi connectivity index (χ4v) is 5.55. The second-order valence-electron chi connectivity index (χ2n) is 9.84. The van der Waals surface area contributed by atoms with Crippen LogP contribution in [0.1, 0.15) is 33.0 Å². The predicted octanol–water partition coefficient (Wildman–Crippen LogP) is 6.87. The maximum atomic E-state index is 15.5. The molecule has 0 unspecified atom stereocenters. The van der Waals surface area contributed by atoms with E-state index in [0.717, 1.165) is 29.9 Å². The fraction of sp³-hybridized carbons (Fsp3) is 0.226. The summed E-state index contributed by atoms with van der Waals surface area (Å²) in [6.07, 6.45) is 0.810. The van der Waals surface area contributed by atoms with Crippen LogP contribution >= 0.6 is 11.3 Å². The van der Waals surface area contributed by atoms with Crippen molar-refractivity contribution in [2.45, 2.75) is 32.1 Å². The highest BCUT2D eigenvalue weighted by Gasteiger charge is 2.24. The molecule has 0 saturated carbocycles. The smallest absolute Gasteiger partial charge is 0.337 e. The summed E-state index contributed by atoms with van der Waals surface area (Å²) in [5, 5.41) is -0.0594. The minimum absolute atomic E-state index is 0.00145. The van der Waals surface area contributed by atoms with Gasteiger partial charge >= 0.3 is 5.97 Å². The molecule has 0 spiro atoms. The summed E-state index contributed by atoms with van der Waals surface area (Å²) in [7, 11) is 1.30. The molecule has 8 nitrogen and oxygen atoms in total. The van der Waals surface area contributed by atoms with E-state index >= 15 is 8.78 Å². The lowest BCUT2D eigenvalue weighted by Gasteiger charge is -2.27. The van der Waals surface area contributed by atoms with E-state index in [2.05, 4.69) is 14.8 Å². The Kier molecular flexibility index (Phi) is 7.84. The largest absolute Gasteiger partial charge is 0.472 e. The van der Waals surface area contributed by atoms with Crippen LogP contribution in [0.5, 0.6) is 5.88 Å². The number of thiophene rings is 1. The Balaban J connectivity index is 1.27. The van der Waals surface area contributed by atoms with Crippen LogP contribution in [0.25, 0.3) is 27.1 Å². The lowest BCUT2D eigenvalue weighted by Crippen LogP contribution is -2.31. The number of hydrogen-bond acceptors (Lipinski definition) is 7. The zero-order valence-corrected chi connectivity index (χ0v) is 23.6. The van der Waals surface area contributed by atoms with E-state index in [9.17, 15) is 9.18 Å². The molecule has 1 saturated heterocycles. The fourth-order valence-electron chi connectivity index (χ4n) is 4.82. The Morgan fingerprint density at radius 2 is 1.95 bits per heavy atom. The summed E-state index contributed by atoms with van der Waals surface area (Å²) >= 11 is 0.973. The number of carbonyl (C=O) groups is 1. The van der Waals surface area contributed by atoms with Gasteiger partial charge in [0.15, 0.2) is 0 Å². The Morgan fingerprint density at radius 3 is 2.67 bits per heavy atom. The number of halogens is 3. The van der Waals surface area contributed by atoms with Crippen molar-refractivity contribution in [3.63, 3.8) is 0 Å². The van der Waals surface area contributed by atoms with Gasteiger partial charge in [0.1, 0.15) is 29.9 Å². The highest BCUT2D eigenvalue weighted by molar-refractivity contribution is 7.16. The normalized spacial score (nSPS) is 14.3. The van der Waals surface area contributed by atoms with Crippen molar-refractivity contribution in [2.75, 3.05) is 13.7 Å². The van der Waals surface area contributed by atoms with Gasteiger partial charge in [0, 0.05) is 29.5 Å². The van der Waals surface area contributed by atoms with Crippen LogP contribution in [0.3, 0.4) is 0 Å². The van der Waals surface area contributed by atoms with E-state index < -0.39 is 23.4 Å². The molecule has 5 aromatic rings. The summed E-state index contributed by atoms with van der Waals surface area (Å²) in [6.45, 7) is 8.06. The zero-order valence-electron chi connectivity index (χ0n) is 22.8. The molecule has 6 rings (SSSR count). The molecule has 0 aliphatic carbocycles. The third-order valence-electron chi connectivity index (χ3n) is 7.10. The van der Waals surface area contributed by atoms with Gasteiger partial charge in [-0.3, -0.25) is 0 Å². The first-order valence-electron chi connectivity index (χ1n) is 13.3. The Morgan fingerprint density at radius 1 is 1.12 bits per heavy atom. The van der Waals surface area contributed by atoms with Crippen molar-refractivity contribution in [1.82, 2.24) is 14.5 Å².